The van der Waals surface area contributed by atoms with Gasteiger partial charge in [0.2, 0.25) is 0 Å². The van der Waals surface area contributed by atoms with Gasteiger partial charge >= 0.3 is 0 Å². The molecule has 2 atom stereocenters. The van der Waals surface area contributed by atoms with E-state index in [1.807, 2.05) is 4.90 Å². The van der Waals surface area contributed by atoms with E-state index in [0.717, 1.165) is 18.4 Å². The quantitative estimate of drug-likeness (QED) is 0.942. The smallest absolute Gasteiger partial charge is 0.257 e. The van der Waals surface area contributed by atoms with Crippen molar-refractivity contribution in [2.75, 3.05) is 6.54 Å². The highest BCUT2D eigenvalue weighted by atomic mass is 16.3. The van der Waals surface area contributed by atoms with Gasteiger partial charge in [-0.2, -0.15) is 5.10 Å². The maximum Gasteiger partial charge on any atom is 0.257 e. The molecule has 0 radical (unpaired) electrons. The molecule has 1 N–H and O–H groups in total. The van der Waals surface area contributed by atoms with Gasteiger partial charge in [0.25, 0.3) is 5.91 Å². The standard InChI is InChI=1S/C18H23N3O2/c1-13-5-7-14(8-6-13)10-16-17(22)4-3-9-21(16)18(23)15-11-19-20(2)12-15/h5-8,11-12,16-17,22H,3-4,9-10H2,1-2H3/t16-,17-/m0/s1. The first-order valence-electron chi connectivity index (χ1n) is 8.08. The number of hydrogen-bond donors (Lipinski definition) is 1. The molecule has 0 saturated carbocycles. The summed E-state index contributed by atoms with van der Waals surface area (Å²) in [4.78, 5) is 14.6. The Kier molecular flexibility index (Phi) is 4.48. The first kappa shape index (κ1) is 15.7. The Bertz CT molecular complexity index is 678. The molecular weight excluding hydrogens is 290 g/mol. The molecule has 5 heteroatoms. The molecule has 5 nitrogen and oxygen atoms in total. The summed E-state index contributed by atoms with van der Waals surface area (Å²) in [5.74, 6) is -0.0473. The highest BCUT2D eigenvalue weighted by Gasteiger charge is 2.34. The van der Waals surface area contributed by atoms with Gasteiger partial charge in [0.15, 0.2) is 0 Å². The third kappa shape index (κ3) is 3.45. The fourth-order valence-electron chi connectivity index (χ4n) is 3.20. The third-order valence-electron chi connectivity index (χ3n) is 4.52. The number of benzene rings is 1. The molecule has 0 bridgehead atoms. The van der Waals surface area contributed by atoms with Gasteiger partial charge in [0.1, 0.15) is 0 Å². The van der Waals surface area contributed by atoms with Gasteiger partial charge in [-0.3, -0.25) is 9.48 Å². The summed E-state index contributed by atoms with van der Waals surface area (Å²) < 4.78 is 1.63. The van der Waals surface area contributed by atoms with E-state index in [-0.39, 0.29) is 11.9 Å². The third-order valence-corrected chi connectivity index (χ3v) is 4.52. The second-order valence-electron chi connectivity index (χ2n) is 6.37. The fourth-order valence-corrected chi connectivity index (χ4v) is 3.20. The lowest BCUT2D eigenvalue weighted by molar-refractivity contribution is 0.0118. The van der Waals surface area contributed by atoms with Gasteiger partial charge in [-0.05, 0) is 31.7 Å². The van der Waals surface area contributed by atoms with Gasteiger partial charge in [-0.1, -0.05) is 29.8 Å². The predicted octanol–water partition coefficient (Wildman–Crippen LogP) is 1.94. The van der Waals surface area contributed by atoms with E-state index in [9.17, 15) is 9.90 Å². The lowest BCUT2D eigenvalue weighted by Crippen LogP contribution is -2.52. The van der Waals surface area contributed by atoms with Crippen LogP contribution in [0.5, 0.6) is 0 Å². The van der Waals surface area contributed by atoms with Gasteiger partial charge < -0.3 is 10.0 Å². The largest absolute Gasteiger partial charge is 0.391 e. The van der Waals surface area contributed by atoms with Gasteiger partial charge in [0.05, 0.1) is 23.9 Å². The van der Waals surface area contributed by atoms with Crippen LogP contribution >= 0.6 is 0 Å². The minimum Gasteiger partial charge on any atom is -0.391 e. The zero-order valence-corrected chi connectivity index (χ0v) is 13.6. The number of amides is 1. The van der Waals surface area contributed by atoms with Crippen LogP contribution in [0.25, 0.3) is 0 Å². The van der Waals surface area contributed by atoms with E-state index in [2.05, 4.69) is 36.3 Å². The number of aryl methyl sites for hydroxylation is 2. The number of carbonyl (C=O) groups is 1. The number of carbonyl (C=O) groups excluding carboxylic acids is 1. The molecule has 1 aromatic carbocycles. The number of hydrogen-bond acceptors (Lipinski definition) is 3. The van der Waals surface area contributed by atoms with Crippen LogP contribution in [0, 0.1) is 6.92 Å². The SMILES string of the molecule is Cc1ccc(C[C@H]2[C@@H](O)CCCN2C(=O)c2cnn(C)c2)cc1. The van der Waals surface area contributed by atoms with Crippen molar-refractivity contribution in [2.45, 2.75) is 38.3 Å². The van der Waals surface area contributed by atoms with E-state index in [1.165, 1.54) is 5.56 Å². The molecule has 3 rings (SSSR count). The summed E-state index contributed by atoms with van der Waals surface area (Å²) in [7, 11) is 1.80. The Morgan fingerprint density at radius 3 is 2.74 bits per heavy atom. The van der Waals surface area contributed by atoms with Crippen LogP contribution in [0.2, 0.25) is 0 Å². The molecule has 0 aliphatic carbocycles. The van der Waals surface area contributed by atoms with Gasteiger partial charge in [0, 0.05) is 19.8 Å². The molecule has 1 aliphatic heterocycles. The first-order valence-corrected chi connectivity index (χ1v) is 8.08. The van der Waals surface area contributed by atoms with Crippen molar-refractivity contribution in [3.8, 4) is 0 Å². The van der Waals surface area contributed by atoms with Crippen LogP contribution in [0.15, 0.2) is 36.7 Å². The number of aromatic nitrogens is 2. The normalized spacial score (nSPS) is 21.4. The Morgan fingerprint density at radius 1 is 1.35 bits per heavy atom. The van der Waals surface area contributed by atoms with E-state index in [0.29, 0.717) is 18.5 Å². The molecule has 1 saturated heterocycles. The summed E-state index contributed by atoms with van der Waals surface area (Å²) in [6, 6.07) is 8.10. The van der Waals surface area contributed by atoms with E-state index in [4.69, 9.17) is 0 Å². The van der Waals surface area contributed by atoms with Crippen LogP contribution in [-0.2, 0) is 13.5 Å². The molecule has 122 valence electrons. The molecular formula is C18H23N3O2. The van der Waals surface area contributed by atoms with E-state index >= 15 is 0 Å². The fraction of sp³-hybridized carbons (Fsp3) is 0.444. The van der Waals surface area contributed by atoms with Crippen LogP contribution in [0.1, 0.15) is 34.3 Å². The molecule has 0 spiro atoms. The highest BCUT2D eigenvalue weighted by Crippen LogP contribution is 2.23. The Morgan fingerprint density at radius 2 is 2.09 bits per heavy atom. The lowest BCUT2D eigenvalue weighted by atomic mass is 9.92. The Balaban J connectivity index is 1.81. The second kappa shape index (κ2) is 6.54. The average molecular weight is 313 g/mol. The summed E-state index contributed by atoms with van der Waals surface area (Å²) in [5, 5.41) is 14.5. The Labute approximate surface area is 136 Å². The molecule has 2 heterocycles. The number of rotatable bonds is 3. The summed E-state index contributed by atoms with van der Waals surface area (Å²) >= 11 is 0. The first-order chi connectivity index (χ1) is 11.0. The van der Waals surface area contributed by atoms with E-state index in [1.54, 1.807) is 24.1 Å². The Hall–Kier alpha value is -2.14. The summed E-state index contributed by atoms with van der Waals surface area (Å²) in [6.07, 6.45) is 5.09. The number of aliphatic hydroxyl groups excluding tert-OH is 1. The lowest BCUT2D eigenvalue weighted by Gasteiger charge is -2.39. The molecule has 0 unspecified atom stereocenters. The van der Waals surface area contributed by atoms with Crippen molar-refractivity contribution in [1.82, 2.24) is 14.7 Å². The monoisotopic (exact) mass is 313 g/mol. The molecule has 1 fully saturated rings. The van der Waals surface area contributed by atoms with Crippen molar-refractivity contribution >= 4 is 5.91 Å². The van der Waals surface area contributed by atoms with E-state index < -0.39 is 6.10 Å². The molecule has 2 aromatic rings. The highest BCUT2D eigenvalue weighted by molar-refractivity contribution is 5.94. The molecule has 23 heavy (non-hydrogen) atoms. The van der Waals surface area contributed by atoms with Crippen molar-refractivity contribution < 1.29 is 9.90 Å². The number of piperidine rings is 1. The molecule has 1 aromatic heterocycles. The van der Waals surface area contributed by atoms with Gasteiger partial charge in [-0.25, -0.2) is 0 Å². The maximum atomic E-state index is 12.8. The summed E-state index contributed by atoms with van der Waals surface area (Å²) in [5.41, 5.74) is 2.93. The summed E-state index contributed by atoms with van der Waals surface area (Å²) in [6.45, 7) is 2.73. The zero-order chi connectivity index (χ0) is 16.4. The molecule has 1 amide bonds. The van der Waals surface area contributed by atoms with Gasteiger partial charge in [-0.15, -0.1) is 0 Å². The number of likely N-dealkylation sites (tertiary alicyclic amines) is 1. The van der Waals surface area contributed by atoms with Crippen molar-refractivity contribution in [3.05, 3.63) is 53.3 Å². The minimum absolute atomic E-state index is 0.0473. The minimum atomic E-state index is -0.481. The van der Waals surface area contributed by atoms with Crippen LogP contribution in [0.3, 0.4) is 0 Å². The van der Waals surface area contributed by atoms with Crippen LogP contribution < -0.4 is 0 Å². The van der Waals surface area contributed by atoms with Crippen LogP contribution in [0.4, 0.5) is 0 Å². The van der Waals surface area contributed by atoms with Crippen LogP contribution in [-0.4, -0.2) is 44.4 Å². The van der Waals surface area contributed by atoms with Crippen molar-refractivity contribution in [3.63, 3.8) is 0 Å². The number of aliphatic hydroxyl groups is 1. The molecule has 1 aliphatic rings. The maximum absolute atomic E-state index is 12.8. The second-order valence-corrected chi connectivity index (χ2v) is 6.37. The predicted molar refractivity (Wildman–Crippen MR) is 88.2 cm³/mol. The topological polar surface area (TPSA) is 58.4 Å². The average Bonchev–Trinajstić information content (AvgIpc) is 2.97. The number of nitrogens with zero attached hydrogens (tertiary/aromatic N) is 3. The zero-order valence-electron chi connectivity index (χ0n) is 13.6. The van der Waals surface area contributed by atoms with Crippen molar-refractivity contribution in [2.24, 2.45) is 7.05 Å². The van der Waals surface area contributed by atoms with Crippen molar-refractivity contribution in [1.29, 1.82) is 0 Å².